The number of nitrogens with zero attached hydrogens (tertiary/aromatic N) is 3. The van der Waals surface area contributed by atoms with Crippen molar-refractivity contribution in [2.24, 2.45) is 0 Å². The number of sulfone groups is 1. The molecule has 0 spiro atoms. The van der Waals surface area contributed by atoms with Crippen LogP contribution in [0.15, 0.2) is 43.1 Å². The van der Waals surface area contributed by atoms with E-state index in [1.807, 2.05) is 38.1 Å². The Morgan fingerprint density at radius 3 is 2.73 bits per heavy atom. The monoisotopic (exact) mass is 373 g/mol. The van der Waals surface area contributed by atoms with Crippen molar-refractivity contribution in [1.29, 1.82) is 0 Å². The quantitative estimate of drug-likeness (QED) is 0.754. The van der Waals surface area contributed by atoms with Gasteiger partial charge in [-0.15, -0.1) is 6.58 Å². The van der Waals surface area contributed by atoms with Gasteiger partial charge in [-0.1, -0.05) is 24.3 Å². The molecule has 1 aromatic carbocycles. The first-order valence-electron chi connectivity index (χ1n) is 8.57. The Kier molecular flexibility index (Phi) is 5.00. The third kappa shape index (κ3) is 3.44. The third-order valence-corrected chi connectivity index (χ3v) is 6.57. The van der Waals surface area contributed by atoms with Crippen LogP contribution in [-0.2, 0) is 9.84 Å². The number of para-hydroxylation sites is 1. The predicted molar refractivity (Wildman–Crippen MR) is 101 cm³/mol. The summed E-state index contributed by atoms with van der Waals surface area (Å²) in [6.07, 6.45) is 3.65. The number of aryl methyl sites for hydroxylation is 1. The average Bonchev–Trinajstić information content (AvgIpc) is 3.15. The van der Waals surface area contributed by atoms with Crippen LogP contribution in [0.5, 0.6) is 0 Å². The molecule has 0 aliphatic carbocycles. The Balaban J connectivity index is 1.94. The number of benzene rings is 1. The minimum Gasteiger partial charge on any atom is -0.331 e. The second-order valence-electron chi connectivity index (χ2n) is 6.64. The third-order valence-electron chi connectivity index (χ3n) is 4.82. The van der Waals surface area contributed by atoms with Gasteiger partial charge in [0.2, 0.25) is 0 Å². The van der Waals surface area contributed by atoms with Crippen LogP contribution in [0.25, 0.3) is 5.69 Å². The summed E-state index contributed by atoms with van der Waals surface area (Å²) in [5.74, 6) is -0.0678. The zero-order valence-corrected chi connectivity index (χ0v) is 15.9. The van der Waals surface area contributed by atoms with Gasteiger partial charge in [-0.25, -0.2) is 13.1 Å². The Bertz CT molecular complexity index is 947. The molecule has 0 saturated carbocycles. The highest BCUT2D eigenvalue weighted by Crippen LogP contribution is 2.23. The molecule has 1 aliphatic rings. The largest absolute Gasteiger partial charge is 0.331 e. The van der Waals surface area contributed by atoms with Gasteiger partial charge in [0.15, 0.2) is 9.84 Å². The molecule has 1 aromatic heterocycles. The second kappa shape index (κ2) is 7.07. The maximum absolute atomic E-state index is 13.1. The lowest BCUT2D eigenvalue weighted by atomic mass is 10.1. The fraction of sp³-hybridized carbons (Fsp3) is 0.368. The van der Waals surface area contributed by atoms with E-state index >= 15 is 0 Å². The van der Waals surface area contributed by atoms with Gasteiger partial charge in [0.05, 0.1) is 34.6 Å². The molecular weight excluding hydrogens is 350 g/mol. The first kappa shape index (κ1) is 18.4. The second-order valence-corrected chi connectivity index (χ2v) is 8.87. The van der Waals surface area contributed by atoms with Crippen molar-refractivity contribution >= 4 is 15.7 Å². The molecular formula is C19H23N3O3S. The topological polar surface area (TPSA) is 72.3 Å². The van der Waals surface area contributed by atoms with E-state index in [0.29, 0.717) is 18.5 Å². The van der Waals surface area contributed by atoms with E-state index in [1.165, 1.54) is 0 Å². The summed E-state index contributed by atoms with van der Waals surface area (Å²) in [7, 11) is -3.08. The van der Waals surface area contributed by atoms with Crippen molar-refractivity contribution in [3.63, 3.8) is 0 Å². The number of hydrogen-bond acceptors (Lipinski definition) is 4. The van der Waals surface area contributed by atoms with Crippen LogP contribution in [0.3, 0.4) is 0 Å². The Morgan fingerprint density at radius 1 is 1.38 bits per heavy atom. The molecule has 0 unspecified atom stereocenters. The summed E-state index contributed by atoms with van der Waals surface area (Å²) in [4.78, 5) is 14.7. The van der Waals surface area contributed by atoms with E-state index in [-0.39, 0.29) is 23.5 Å². The highest BCUT2D eigenvalue weighted by Gasteiger charge is 2.35. The summed E-state index contributed by atoms with van der Waals surface area (Å²) < 4.78 is 25.4. The zero-order valence-electron chi connectivity index (χ0n) is 15.1. The molecule has 0 N–H and O–H groups in total. The minimum absolute atomic E-state index is 0.0115. The molecule has 138 valence electrons. The number of hydrogen-bond donors (Lipinski definition) is 0. The van der Waals surface area contributed by atoms with Crippen molar-refractivity contribution in [2.75, 3.05) is 18.1 Å². The van der Waals surface area contributed by atoms with Crippen LogP contribution in [0.2, 0.25) is 0 Å². The molecule has 26 heavy (non-hydrogen) atoms. The maximum atomic E-state index is 13.1. The lowest BCUT2D eigenvalue weighted by molar-refractivity contribution is 0.0720. The average molecular weight is 373 g/mol. The van der Waals surface area contributed by atoms with Crippen LogP contribution in [0, 0.1) is 13.8 Å². The van der Waals surface area contributed by atoms with Gasteiger partial charge in [-0.2, -0.15) is 5.10 Å². The van der Waals surface area contributed by atoms with E-state index < -0.39 is 9.84 Å². The summed E-state index contributed by atoms with van der Waals surface area (Å²) in [5, 5.41) is 4.39. The van der Waals surface area contributed by atoms with E-state index in [2.05, 4.69) is 11.7 Å². The predicted octanol–water partition coefficient (Wildman–Crippen LogP) is 2.30. The molecule has 3 rings (SSSR count). The molecule has 1 atom stereocenters. The number of amides is 1. The summed E-state index contributed by atoms with van der Waals surface area (Å²) in [5.41, 5.74) is 3.20. The minimum atomic E-state index is -3.08. The first-order chi connectivity index (χ1) is 12.3. The Hall–Kier alpha value is -2.41. The number of rotatable bonds is 5. The van der Waals surface area contributed by atoms with Crippen molar-refractivity contribution in [2.45, 2.75) is 26.3 Å². The number of carbonyl (C=O) groups is 1. The number of carbonyl (C=O) groups excluding carboxylic acids is 1. The van der Waals surface area contributed by atoms with E-state index in [9.17, 15) is 13.2 Å². The molecule has 0 radical (unpaired) electrons. The van der Waals surface area contributed by atoms with Gasteiger partial charge in [0.25, 0.3) is 5.91 Å². The van der Waals surface area contributed by atoms with E-state index in [0.717, 1.165) is 16.9 Å². The lowest BCUT2D eigenvalue weighted by Crippen LogP contribution is -2.41. The molecule has 7 heteroatoms. The van der Waals surface area contributed by atoms with Gasteiger partial charge >= 0.3 is 0 Å². The Labute approximate surface area is 154 Å². The highest BCUT2D eigenvalue weighted by atomic mass is 32.2. The van der Waals surface area contributed by atoms with E-state index in [4.69, 9.17) is 0 Å². The smallest absolute Gasteiger partial charge is 0.257 e. The Morgan fingerprint density at radius 2 is 2.12 bits per heavy atom. The van der Waals surface area contributed by atoms with Gasteiger partial charge in [0, 0.05) is 12.6 Å². The van der Waals surface area contributed by atoms with Gasteiger partial charge < -0.3 is 4.90 Å². The highest BCUT2D eigenvalue weighted by molar-refractivity contribution is 7.91. The standard InChI is InChI=1S/C19H23N3O3S/c1-4-10-21(16-9-11-26(24,25)13-16)19(23)17-12-20-22(15(17)3)18-8-6-5-7-14(18)2/h4-8,12,16H,1,9-11,13H2,2-3H3/t16-/m0/s1. The summed E-state index contributed by atoms with van der Waals surface area (Å²) >= 11 is 0. The zero-order chi connectivity index (χ0) is 18.9. The number of aromatic nitrogens is 2. The van der Waals surface area contributed by atoms with Crippen molar-refractivity contribution in [3.8, 4) is 5.69 Å². The molecule has 1 saturated heterocycles. The summed E-state index contributed by atoms with van der Waals surface area (Å²) in [6.45, 7) is 7.86. The SMILES string of the molecule is C=CCN(C(=O)c1cnn(-c2ccccc2C)c1C)[C@H]1CCS(=O)(=O)C1. The van der Waals surface area contributed by atoms with Crippen molar-refractivity contribution in [3.05, 3.63) is 59.9 Å². The van der Waals surface area contributed by atoms with Crippen LogP contribution >= 0.6 is 0 Å². The van der Waals surface area contributed by atoms with Crippen LogP contribution in [0.4, 0.5) is 0 Å². The fourth-order valence-electron chi connectivity index (χ4n) is 3.38. The molecule has 1 amide bonds. The normalized spacial score (nSPS) is 18.6. The molecule has 6 nitrogen and oxygen atoms in total. The molecule has 0 bridgehead atoms. The van der Waals surface area contributed by atoms with Crippen LogP contribution < -0.4 is 0 Å². The first-order valence-corrected chi connectivity index (χ1v) is 10.4. The molecule has 1 fully saturated rings. The lowest BCUT2D eigenvalue weighted by Gasteiger charge is -2.27. The van der Waals surface area contributed by atoms with Crippen molar-refractivity contribution < 1.29 is 13.2 Å². The maximum Gasteiger partial charge on any atom is 0.257 e. The van der Waals surface area contributed by atoms with E-state index in [1.54, 1.807) is 21.9 Å². The van der Waals surface area contributed by atoms with Crippen molar-refractivity contribution in [1.82, 2.24) is 14.7 Å². The van der Waals surface area contributed by atoms with Crippen LogP contribution in [0.1, 0.15) is 28.0 Å². The molecule has 1 aliphatic heterocycles. The summed E-state index contributed by atoms with van der Waals surface area (Å²) in [6, 6.07) is 7.51. The molecule has 2 heterocycles. The van der Waals surface area contributed by atoms with Gasteiger partial charge in [-0.05, 0) is 31.9 Å². The molecule has 2 aromatic rings. The van der Waals surface area contributed by atoms with Gasteiger partial charge in [-0.3, -0.25) is 4.79 Å². The fourth-order valence-corrected chi connectivity index (χ4v) is 5.11. The van der Waals surface area contributed by atoms with Gasteiger partial charge in [0.1, 0.15) is 0 Å². The van der Waals surface area contributed by atoms with Crippen LogP contribution in [-0.4, -0.2) is 53.1 Å².